The van der Waals surface area contributed by atoms with Crippen molar-refractivity contribution in [1.29, 1.82) is 0 Å². The number of fused-ring (bicyclic) bond motifs is 1. The van der Waals surface area contributed by atoms with Gasteiger partial charge in [-0.05, 0) is 32.0 Å². The molecule has 0 spiro atoms. The summed E-state index contributed by atoms with van der Waals surface area (Å²) in [5.74, 6) is -1.70. The highest BCUT2D eigenvalue weighted by molar-refractivity contribution is 7.99. The van der Waals surface area contributed by atoms with E-state index in [0.717, 1.165) is 4.90 Å². The van der Waals surface area contributed by atoms with E-state index >= 15 is 0 Å². The van der Waals surface area contributed by atoms with E-state index in [4.69, 9.17) is 21.1 Å². The molecule has 6 nitrogen and oxygen atoms in total. The number of carbonyl (C=O) groups is 3. The predicted octanol–water partition coefficient (Wildman–Crippen LogP) is 2.66. The number of hydrogen-bond acceptors (Lipinski definition) is 6. The monoisotopic (exact) mass is 371 g/mol. The topological polar surface area (TPSA) is 72.9 Å². The summed E-state index contributed by atoms with van der Waals surface area (Å²) >= 11 is 7.47. The van der Waals surface area contributed by atoms with Gasteiger partial charge in [-0.1, -0.05) is 11.6 Å². The van der Waals surface area contributed by atoms with Crippen molar-refractivity contribution in [1.82, 2.24) is 0 Å². The van der Waals surface area contributed by atoms with Crippen molar-refractivity contribution in [2.24, 2.45) is 0 Å². The van der Waals surface area contributed by atoms with E-state index in [0.29, 0.717) is 16.5 Å². The highest BCUT2D eigenvalue weighted by Gasteiger charge is 2.37. The fourth-order valence-corrected chi connectivity index (χ4v) is 3.79. The summed E-state index contributed by atoms with van der Waals surface area (Å²) < 4.78 is 9.78. The molecule has 1 aromatic rings. The molecule has 1 heterocycles. The van der Waals surface area contributed by atoms with E-state index in [-0.39, 0.29) is 19.6 Å². The molecule has 0 radical (unpaired) electrons. The molecule has 0 saturated carbocycles. The molecule has 0 saturated heterocycles. The molecule has 1 aliphatic rings. The Morgan fingerprint density at radius 3 is 2.62 bits per heavy atom. The summed E-state index contributed by atoms with van der Waals surface area (Å²) in [4.78, 5) is 38.4. The molecule has 1 aromatic carbocycles. The van der Waals surface area contributed by atoms with E-state index in [1.165, 1.54) is 16.7 Å². The quantitative estimate of drug-likeness (QED) is 0.598. The van der Waals surface area contributed by atoms with Gasteiger partial charge in [-0.25, -0.2) is 4.79 Å². The predicted molar refractivity (Wildman–Crippen MR) is 91.3 cm³/mol. The van der Waals surface area contributed by atoms with Crippen LogP contribution >= 0.6 is 23.4 Å². The fraction of sp³-hybridized carbons (Fsp3) is 0.438. The van der Waals surface area contributed by atoms with E-state index in [1.54, 1.807) is 32.0 Å². The first-order chi connectivity index (χ1) is 11.5. The highest BCUT2D eigenvalue weighted by atomic mass is 35.5. The van der Waals surface area contributed by atoms with E-state index in [9.17, 15) is 14.4 Å². The fourth-order valence-electron chi connectivity index (χ4n) is 2.39. The summed E-state index contributed by atoms with van der Waals surface area (Å²) in [6.07, 6.45) is 0.00799. The van der Waals surface area contributed by atoms with Crippen LogP contribution in [0.15, 0.2) is 23.1 Å². The number of anilines is 1. The lowest BCUT2D eigenvalue weighted by molar-refractivity contribution is -0.153. The zero-order chi connectivity index (χ0) is 17.7. The minimum atomic E-state index is -0.945. The zero-order valence-corrected chi connectivity index (χ0v) is 15.0. The smallest absolute Gasteiger partial charge is 0.397 e. The first kappa shape index (κ1) is 18.6. The van der Waals surface area contributed by atoms with E-state index < -0.39 is 23.9 Å². The van der Waals surface area contributed by atoms with Gasteiger partial charge >= 0.3 is 17.8 Å². The number of nitrogens with zero attached hydrogens (tertiary/aromatic N) is 1. The standard InChI is InChI=1S/C16H18ClNO5S/c1-3-22-14(19)8-11-9-24-13-7-10(17)5-6-12(13)18(11)15(20)16(21)23-4-2/h5-7,11H,3-4,8-9H2,1-2H3. The molecule has 2 rings (SSSR count). The molecule has 24 heavy (non-hydrogen) atoms. The summed E-state index contributed by atoms with van der Waals surface area (Å²) in [5.41, 5.74) is 0.544. The van der Waals surface area contributed by atoms with Crippen LogP contribution in [0.25, 0.3) is 0 Å². The minimum absolute atomic E-state index is 0.00799. The largest absolute Gasteiger partial charge is 0.466 e. The van der Waals surface area contributed by atoms with Crippen LogP contribution in [0.3, 0.4) is 0 Å². The molecule has 0 aliphatic carbocycles. The van der Waals surface area contributed by atoms with Crippen molar-refractivity contribution >= 4 is 46.9 Å². The Balaban J connectivity index is 2.34. The lowest BCUT2D eigenvalue weighted by atomic mass is 10.1. The van der Waals surface area contributed by atoms with Crippen LogP contribution in [0.2, 0.25) is 5.02 Å². The third-order valence-electron chi connectivity index (χ3n) is 3.35. The van der Waals surface area contributed by atoms with Crippen molar-refractivity contribution in [3.8, 4) is 0 Å². The van der Waals surface area contributed by atoms with Gasteiger partial charge in [-0.2, -0.15) is 0 Å². The number of carbonyl (C=O) groups excluding carboxylic acids is 3. The molecule has 0 N–H and O–H groups in total. The molecular weight excluding hydrogens is 354 g/mol. The Bertz CT molecular complexity index is 651. The third-order valence-corrected chi connectivity index (χ3v) is 4.78. The average molecular weight is 372 g/mol. The second-order valence-electron chi connectivity index (χ2n) is 4.98. The Morgan fingerprint density at radius 2 is 1.96 bits per heavy atom. The van der Waals surface area contributed by atoms with Gasteiger partial charge in [0.15, 0.2) is 0 Å². The maximum Gasteiger partial charge on any atom is 0.397 e. The lowest BCUT2D eigenvalue weighted by Gasteiger charge is -2.35. The number of benzene rings is 1. The van der Waals surface area contributed by atoms with Crippen LogP contribution < -0.4 is 4.90 Å². The second kappa shape index (κ2) is 8.39. The van der Waals surface area contributed by atoms with Gasteiger partial charge in [0, 0.05) is 15.7 Å². The molecule has 1 atom stereocenters. The van der Waals surface area contributed by atoms with Gasteiger partial charge in [0.05, 0.1) is 31.4 Å². The molecular formula is C16H18ClNO5S. The molecule has 0 bridgehead atoms. The van der Waals surface area contributed by atoms with Crippen molar-refractivity contribution < 1.29 is 23.9 Å². The van der Waals surface area contributed by atoms with Gasteiger partial charge in [-0.3, -0.25) is 14.5 Å². The average Bonchev–Trinajstić information content (AvgIpc) is 2.54. The molecule has 130 valence electrons. The molecule has 0 fully saturated rings. The summed E-state index contributed by atoms with van der Waals surface area (Å²) in [7, 11) is 0. The number of ether oxygens (including phenoxy) is 2. The molecule has 0 aromatic heterocycles. The van der Waals surface area contributed by atoms with E-state index in [2.05, 4.69) is 0 Å². The molecule has 1 amide bonds. The molecule has 8 heteroatoms. The third kappa shape index (κ3) is 4.21. The van der Waals surface area contributed by atoms with Crippen molar-refractivity contribution in [3.05, 3.63) is 23.2 Å². The highest BCUT2D eigenvalue weighted by Crippen LogP contribution is 2.40. The van der Waals surface area contributed by atoms with Crippen LogP contribution in [0.5, 0.6) is 0 Å². The maximum atomic E-state index is 12.5. The molecule has 1 unspecified atom stereocenters. The Morgan fingerprint density at radius 1 is 1.25 bits per heavy atom. The summed E-state index contributed by atoms with van der Waals surface area (Å²) in [6, 6.07) is 4.55. The Hall–Kier alpha value is -1.73. The number of amides is 1. The van der Waals surface area contributed by atoms with Crippen molar-refractivity contribution in [2.75, 3.05) is 23.9 Å². The van der Waals surface area contributed by atoms with E-state index in [1.807, 2.05) is 0 Å². The SMILES string of the molecule is CCOC(=O)CC1CSc2cc(Cl)ccc2N1C(=O)C(=O)OCC. The van der Waals surface area contributed by atoms with Gasteiger partial charge in [0.1, 0.15) is 0 Å². The van der Waals surface area contributed by atoms with Crippen LogP contribution in [-0.2, 0) is 23.9 Å². The lowest BCUT2D eigenvalue weighted by Crippen LogP contribution is -2.49. The number of hydrogen-bond donors (Lipinski definition) is 0. The van der Waals surface area contributed by atoms with Crippen LogP contribution in [-0.4, -0.2) is 42.9 Å². The van der Waals surface area contributed by atoms with Gasteiger partial charge in [0.2, 0.25) is 0 Å². The number of halogens is 1. The minimum Gasteiger partial charge on any atom is -0.466 e. The summed E-state index contributed by atoms with van der Waals surface area (Å²) in [5, 5.41) is 0.536. The van der Waals surface area contributed by atoms with Crippen molar-refractivity contribution in [2.45, 2.75) is 31.2 Å². The number of thioether (sulfide) groups is 1. The van der Waals surface area contributed by atoms with Crippen LogP contribution in [0.1, 0.15) is 20.3 Å². The zero-order valence-electron chi connectivity index (χ0n) is 13.4. The number of rotatable bonds is 4. The molecule has 1 aliphatic heterocycles. The van der Waals surface area contributed by atoms with Gasteiger partial charge in [-0.15, -0.1) is 11.8 Å². The van der Waals surface area contributed by atoms with Gasteiger partial charge in [0.25, 0.3) is 0 Å². The normalized spacial score (nSPS) is 16.3. The number of esters is 2. The maximum absolute atomic E-state index is 12.5. The second-order valence-corrected chi connectivity index (χ2v) is 6.48. The van der Waals surface area contributed by atoms with Crippen molar-refractivity contribution in [3.63, 3.8) is 0 Å². The van der Waals surface area contributed by atoms with Gasteiger partial charge < -0.3 is 9.47 Å². The Labute approximate surface area is 149 Å². The van der Waals surface area contributed by atoms with Crippen LogP contribution in [0, 0.1) is 0 Å². The first-order valence-electron chi connectivity index (χ1n) is 7.56. The summed E-state index contributed by atoms with van der Waals surface area (Å²) in [6.45, 7) is 3.70. The van der Waals surface area contributed by atoms with Crippen LogP contribution in [0.4, 0.5) is 5.69 Å². The Kier molecular flexibility index (Phi) is 6.51. The first-order valence-corrected chi connectivity index (χ1v) is 8.92.